The quantitative estimate of drug-likeness (QED) is 0.376. The number of allylic oxidation sites excluding steroid dienone is 1. The van der Waals surface area contributed by atoms with Crippen molar-refractivity contribution in [2.45, 2.75) is 70.3 Å². The molecule has 1 aliphatic carbocycles. The molecule has 178 valence electrons. The Morgan fingerprint density at radius 2 is 1.73 bits per heavy atom. The normalized spacial score (nSPS) is 25.5. The highest BCUT2D eigenvalue weighted by molar-refractivity contribution is 5.65. The summed E-state index contributed by atoms with van der Waals surface area (Å²) in [7, 11) is 0. The zero-order valence-electron chi connectivity index (χ0n) is 19.7. The summed E-state index contributed by atoms with van der Waals surface area (Å²) >= 11 is 0. The fraction of sp³-hybridized carbons (Fsp3) is 0.517. The van der Waals surface area contributed by atoms with Gasteiger partial charge in [0.05, 0.1) is 12.7 Å². The van der Waals surface area contributed by atoms with Crippen LogP contribution in [0.1, 0.15) is 69.8 Å². The van der Waals surface area contributed by atoms with Gasteiger partial charge in [0.1, 0.15) is 0 Å². The van der Waals surface area contributed by atoms with E-state index in [1.807, 2.05) is 18.2 Å². The van der Waals surface area contributed by atoms with E-state index >= 15 is 0 Å². The van der Waals surface area contributed by atoms with Crippen molar-refractivity contribution < 1.29 is 18.3 Å². The Hall–Kier alpha value is -2.20. The molecule has 0 aromatic heterocycles. The van der Waals surface area contributed by atoms with Gasteiger partial charge < -0.3 is 9.47 Å². The lowest BCUT2D eigenvalue weighted by atomic mass is 9.75. The number of ether oxygens (including phenoxy) is 2. The first-order valence-electron chi connectivity index (χ1n) is 12.5. The van der Waals surface area contributed by atoms with E-state index < -0.39 is 11.6 Å². The molecule has 4 heteroatoms. The highest BCUT2D eigenvalue weighted by Crippen LogP contribution is 2.41. The van der Waals surface area contributed by atoms with Gasteiger partial charge in [-0.2, -0.15) is 4.39 Å². The third-order valence-electron chi connectivity index (χ3n) is 7.52. The first-order valence-corrected chi connectivity index (χ1v) is 12.5. The molecule has 1 saturated heterocycles. The summed E-state index contributed by atoms with van der Waals surface area (Å²) in [6, 6.07) is 11.1. The van der Waals surface area contributed by atoms with Crippen molar-refractivity contribution in [3.8, 4) is 16.9 Å². The Kier molecular flexibility index (Phi) is 8.19. The van der Waals surface area contributed by atoms with Crippen LogP contribution in [0.25, 0.3) is 11.1 Å². The summed E-state index contributed by atoms with van der Waals surface area (Å²) in [5.41, 5.74) is 2.25. The van der Waals surface area contributed by atoms with E-state index in [1.165, 1.54) is 43.7 Å². The minimum absolute atomic E-state index is 0.0404. The summed E-state index contributed by atoms with van der Waals surface area (Å²) in [6.45, 7) is 6.78. The molecule has 0 N–H and O–H groups in total. The molecule has 2 atom stereocenters. The first kappa shape index (κ1) is 23.9. The summed E-state index contributed by atoms with van der Waals surface area (Å²) < 4.78 is 40.2. The molecule has 2 aliphatic rings. The summed E-state index contributed by atoms with van der Waals surface area (Å²) in [5.74, 6) is 0.0780. The minimum Gasteiger partial charge on any atom is -0.491 e. The zero-order valence-corrected chi connectivity index (χ0v) is 19.7. The van der Waals surface area contributed by atoms with Crippen LogP contribution in [0.4, 0.5) is 8.78 Å². The third-order valence-corrected chi connectivity index (χ3v) is 7.52. The lowest BCUT2D eigenvalue weighted by Gasteiger charge is -2.38. The number of rotatable bonds is 8. The van der Waals surface area contributed by atoms with E-state index in [1.54, 1.807) is 13.0 Å². The van der Waals surface area contributed by atoms with Gasteiger partial charge in [0.2, 0.25) is 5.82 Å². The average Bonchev–Trinajstić information content (AvgIpc) is 2.86. The van der Waals surface area contributed by atoms with Gasteiger partial charge in [-0.3, -0.25) is 0 Å². The molecule has 33 heavy (non-hydrogen) atoms. The van der Waals surface area contributed by atoms with Crippen molar-refractivity contribution in [1.82, 2.24) is 0 Å². The predicted molar refractivity (Wildman–Crippen MR) is 130 cm³/mol. The van der Waals surface area contributed by atoms with E-state index in [2.05, 4.69) is 18.7 Å². The van der Waals surface area contributed by atoms with Crippen LogP contribution in [0.2, 0.25) is 0 Å². The number of hydrogen-bond acceptors (Lipinski definition) is 2. The van der Waals surface area contributed by atoms with Gasteiger partial charge in [-0.05, 0) is 99.3 Å². The Balaban J connectivity index is 1.32. The van der Waals surface area contributed by atoms with Gasteiger partial charge in [-0.1, -0.05) is 30.3 Å². The van der Waals surface area contributed by atoms with Crippen LogP contribution < -0.4 is 4.74 Å². The Morgan fingerprint density at radius 1 is 0.970 bits per heavy atom. The third kappa shape index (κ3) is 5.66. The SMILES string of the molecule is C=CCCC1CCC(C2CCC(c3ccc(-c4ccc(OCC)c(F)c4F)cc3)CC2)OC1. The van der Waals surface area contributed by atoms with Crippen molar-refractivity contribution in [3.63, 3.8) is 0 Å². The highest BCUT2D eigenvalue weighted by Gasteiger charge is 2.32. The molecular weight excluding hydrogens is 418 g/mol. The van der Waals surface area contributed by atoms with Crippen molar-refractivity contribution in [2.75, 3.05) is 13.2 Å². The summed E-state index contributed by atoms with van der Waals surface area (Å²) in [6.07, 6.45) is 11.9. The van der Waals surface area contributed by atoms with E-state index in [9.17, 15) is 8.78 Å². The van der Waals surface area contributed by atoms with Gasteiger partial charge >= 0.3 is 0 Å². The molecule has 0 radical (unpaired) electrons. The largest absolute Gasteiger partial charge is 0.491 e. The van der Waals surface area contributed by atoms with E-state index in [0.29, 0.717) is 36.0 Å². The van der Waals surface area contributed by atoms with Crippen LogP contribution in [0.3, 0.4) is 0 Å². The smallest absolute Gasteiger partial charge is 0.201 e. The molecular formula is C29H36F2O2. The number of halogens is 2. The molecule has 1 heterocycles. The summed E-state index contributed by atoms with van der Waals surface area (Å²) in [5, 5.41) is 0. The molecule has 2 aromatic carbocycles. The maximum Gasteiger partial charge on any atom is 0.201 e. The van der Waals surface area contributed by atoms with Crippen molar-refractivity contribution >= 4 is 0 Å². The average molecular weight is 455 g/mol. The molecule has 1 saturated carbocycles. The minimum atomic E-state index is -0.922. The maximum atomic E-state index is 14.6. The van der Waals surface area contributed by atoms with Crippen molar-refractivity contribution in [3.05, 3.63) is 66.3 Å². The number of hydrogen-bond donors (Lipinski definition) is 0. The Morgan fingerprint density at radius 3 is 2.36 bits per heavy atom. The van der Waals surface area contributed by atoms with Gasteiger partial charge in [-0.25, -0.2) is 4.39 Å². The molecule has 1 aliphatic heterocycles. The second-order valence-electron chi connectivity index (χ2n) is 9.59. The molecule has 0 spiro atoms. The van der Waals surface area contributed by atoms with E-state index in [-0.39, 0.29) is 11.3 Å². The molecule has 2 aromatic rings. The topological polar surface area (TPSA) is 18.5 Å². The van der Waals surface area contributed by atoms with E-state index in [0.717, 1.165) is 25.9 Å². The molecule has 2 fully saturated rings. The fourth-order valence-electron chi connectivity index (χ4n) is 5.56. The van der Waals surface area contributed by atoms with E-state index in [4.69, 9.17) is 9.47 Å². The van der Waals surface area contributed by atoms with Crippen molar-refractivity contribution in [1.29, 1.82) is 0 Å². The highest BCUT2D eigenvalue weighted by atomic mass is 19.2. The number of benzene rings is 2. The second kappa shape index (κ2) is 11.3. The van der Waals surface area contributed by atoms with Gasteiger partial charge in [0, 0.05) is 12.2 Å². The lowest BCUT2D eigenvalue weighted by molar-refractivity contribution is -0.0572. The molecule has 0 bridgehead atoms. The van der Waals surface area contributed by atoms with Gasteiger partial charge in [-0.15, -0.1) is 6.58 Å². The van der Waals surface area contributed by atoms with Gasteiger partial charge in [0.25, 0.3) is 0 Å². The standard InChI is InChI=1S/C29H36F2O2/c1-3-5-6-20-7-17-26(33-19-20)24-14-10-22(11-15-24)21-8-12-23(13-9-21)25-16-18-27(32-4-2)29(31)28(25)30/h3,8-9,12-13,16,18,20,22,24,26H,1,4-7,10-11,14-15,17,19H2,2H3. The monoisotopic (exact) mass is 454 g/mol. The van der Waals surface area contributed by atoms with Crippen LogP contribution >= 0.6 is 0 Å². The predicted octanol–water partition coefficient (Wildman–Crippen LogP) is 8.07. The first-order chi connectivity index (χ1) is 16.1. The fourth-order valence-corrected chi connectivity index (χ4v) is 5.56. The molecule has 0 amide bonds. The Bertz CT molecular complexity index is 908. The van der Waals surface area contributed by atoms with Crippen molar-refractivity contribution in [2.24, 2.45) is 11.8 Å². The lowest BCUT2D eigenvalue weighted by Crippen LogP contribution is -2.34. The Labute approximate surface area is 197 Å². The van der Waals surface area contributed by atoms with Crippen LogP contribution in [0, 0.1) is 23.5 Å². The van der Waals surface area contributed by atoms with Crippen LogP contribution in [0.15, 0.2) is 49.1 Å². The molecule has 2 nitrogen and oxygen atoms in total. The van der Waals surface area contributed by atoms with Crippen LogP contribution in [0.5, 0.6) is 5.75 Å². The molecule has 4 rings (SSSR count). The zero-order chi connectivity index (χ0) is 23.2. The van der Waals surface area contributed by atoms with Crippen LogP contribution in [-0.4, -0.2) is 19.3 Å². The summed E-state index contributed by atoms with van der Waals surface area (Å²) in [4.78, 5) is 0. The maximum absolute atomic E-state index is 14.6. The second-order valence-corrected chi connectivity index (χ2v) is 9.59. The molecule has 2 unspecified atom stereocenters. The van der Waals surface area contributed by atoms with Gasteiger partial charge in [0.15, 0.2) is 11.6 Å². The van der Waals surface area contributed by atoms with Crippen LogP contribution in [-0.2, 0) is 4.74 Å².